The van der Waals surface area contributed by atoms with Gasteiger partial charge in [0.05, 0.1) is 5.56 Å². The molecule has 1 aromatic carbocycles. The standard InChI is InChI=1S/C10H11N3O/c1-6-3-2-4-8-9(6)7(5-12-8)10(14)13-11/h2-5,12H,11H2,1H3,(H,13,14). The summed E-state index contributed by atoms with van der Waals surface area (Å²) in [5, 5.41) is 0.926. The second kappa shape index (κ2) is 3.16. The molecule has 0 radical (unpaired) electrons. The van der Waals surface area contributed by atoms with Crippen LogP contribution in [0.1, 0.15) is 15.9 Å². The molecule has 4 heteroatoms. The normalized spacial score (nSPS) is 10.4. The van der Waals surface area contributed by atoms with E-state index in [1.807, 2.05) is 25.1 Å². The SMILES string of the molecule is Cc1cccc2[nH]cc(C(=O)NN)c12. The molecule has 0 spiro atoms. The Kier molecular flexibility index (Phi) is 1.98. The minimum Gasteiger partial charge on any atom is -0.360 e. The molecule has 0 saturated heterocycles. The Balaban J connectivity index is 2.73. The second-order valence-electron chi connectivity index (χ2n) is 3.17. The third kappa shape index (κ3) is 1.16. The van der Waals surface area contributed by atoms with Gasteiger partial charge in [0, 0.05) is 17.1 Å². The highest BCUT2D eigenvalue weighted by Crippen LogP contribution is 2.21. The van der Waals surface area contributed by atoms with Crippen molar-refractivity contribution in [1.29, 1.82) is 0 Å². The van der Waals surface area contributed by atoms with Crippen molar-refractivity contribution in [2.45, 2.75) is 6.92 Å². The summed E-state index contributed by atoms with van der Waals surface area (Å²) in [4.78, 5) is 14.4. The average Bonchev–Trinajstić information content (AvgIpc) is 2.62. The van der Waals surface area contributed by atoms with Gasteiger partial charge < -0.3 is 4.98 Å². The lowest BCUT2D eigenvalue weighted by molar-refractivity contribution is 0.0955. The molecule has 2 aromatic rings. The Hall–Kier alpha value is -1.81. The number of carbonyl (C=O) groups is 1. The van der Waals surface area contributed by atoms with E-state index in [1.54, 1.807) is 6.20 Å². The zero-order chi connectivity index (χ0) is 10.1. The molecule has 0 fully saturated rings. The van der Waals surface area contributed by atoms with E-state index in [9.17, 15) is 4.79 Å². The van der Waals surface area contributed by atoms with Crippen molar-refractivity contribution in [1.82, 2.24) is 10.4 Å². The van der Waals surface area contributed by atoms with E-state index in [-0.39, 0.29) is 5.91 Å². The lowest BCUT2D eigenvalue weighted by Crippen LogP contribution is -2.29. The number of fused-ring (bicyclic) bond motifs is 1. The van der Waals surface area contributed by atoms with Crippen LogP contribution in [0, 0.1) is 6.92 Å². The van der Waals surface area contributed by atoms with E-state index in [0.29, 0.717) is 5.56 Å². The van der Waals surface area contributed by atoms with Gasteiger partial charge in [0.25, 0.3) is 5.91 Å². The minimum absolute atomic E-state index is 0.273. The van der Waals surface area contributed by atoms with Gasteiger partial charge in [0.15, 0.2) is 0 Å². The Bertz CT molecular complexity index is 487. The van der Waals surface area contributed by atoms with Gasteiger partial charge >= 0.3 is 0 Å². The Morgan fingerprint density at radius 2 is 2.29 bits per heavy atom. The number of rotatable bonds is 1. The topological polar surface area (TPSA) is 70.9 Å². The van der Waals surface area contributed by atoms with Crippen LogP contribution < -0.4 is 11.3 Å². The van der Waals surface area contributed by atoms with E-state index in [0.717, 1.165) is 16.5 Å². The average molecular weight is 189 g/mol. The van der Waals surface area contributed by atoms with Crippen LogP contribution in [-0.4, -0.2) is 10.9 Å². The van der Waals surface area contributed by atoms with E-state index >= 15 is 0 Å². The van der Waals surface area contributed by atoms with Gasteiger partial charge in [-0.05, 0) is 18.6 Å². The van der Waals surface area contributed by atoms with Crippen LogP contribution in [0.3, 0.4) is 0 Å². The summed E-state index contributed by atoms with van der Waals surface area (Å²) in [5.41, 5.74) is 4.72. The first kappa shape index (κ1) is 8.77. The molecule has 1 amide bonds. The third-order valence-electron chi connectivity index (χ3n) is 2.29. The molecule has 2 rings (SSSR count). The van der Waals surface area contributed by atoms with Crippen molar-refractivity contribution in [3.05, 3.63) is 35.5 Å². The van der Waals surface area contributed by atoms with Crippen LogP contribution in [0.25, 0.3) is 10.9 Å². The van der Waals surface area contributed by atoms with Crippen molar-refractivity contribution in [3.63, 3.8) is 0 Å². The number of nitrogens with one attached hydrogen (secondary N) is 2. The molecule has 0 saturated carbocycles. The quantitative estimate of drug-likeness (QED) is 0.357. The molecule has 4 nitrogen and oxygen atoms in total. The predicted molar refractivity (Wildman–Crippen MR) is 54.7 cm³/mol. The highest BCUT2D eigenvalue weighted by atomic mass is 16.2. The number of H-pyrrole nitrogens is 1. The molecular weight excluding hydrogens is 178 g/mol. The third-order valence-corrected chi connectivity index (χ3v) is 2.29. The lowest BCUT2D eigenvalue weighted by atomic mass is 10.1. The smallest absolute Gasteiger partial charge is 0.267 e. The molecule has 1 heterocycles. The summed E-state index contributed by atoms with van der Waals surface area (Å²) in [7, 11) is 0. The van der Waals surface area contributed by atoms with Crippen LogP contribution in [0.4, 0.5) is 0 Å². The first-order valence-electron chi connectivity index (χ1n) is 4.31. The number of aryl methyl sites for hydroxylation is 1. The number of amides is 1. The fourth-order valence-corrected chi connectivity index (χ4v) is 1.62. The van der Waals surface area contributed by atoms with E-state index in [4.69, 9.17) is 5.84 Å². The number of aromatic amines is 1. The molecule has 0 aliphatic carbocycles. The summed E-state index contributed by atoms with van der Waals surface area (Å²) in [6.07, 6.45) is 1.67. The molecule has 0 unspecified atom stereocenters. The molecule has 0 aliphatic heterocycles. The summed E-state index contributed by atoms with van der Waals surface area (Å²) in [6, 6.07) is 5.83. The highest BCUT2D eigenvalue weighted by molar-refractivity contribution is 6.07. The van der Waals surface area contributed by atoms with E-state index in [1.165, 1.54) is 0 Å². The monoisotopic (exact) mass is 189 g/mol. The largest absolute Gasteiger partial charge is 0.360 e. The molecule has 0 bridgehead atoms. The first-order chi connectivity index (χ1) is 6.74. The molecule has 14 heavy (non-hydrogen) atoms. The van der Waals surface area contributed by atoms with Crippen molar-refractivity contribution in [2.75, 3.05) is 0 Å². The van der Waals surface area contributed by atoms with Crippen LogP contribution in [-0.2, 0) is 0 Å². The number of hydrazine groups is 1. The highest BCUT2D eigenvalue weighted by Gasteiger charge is 2.11. The molecule has 4 N–H and O–H groups in total. The number of carbonyl (C=O) groups excluding carboxylic acids is 1. The number of hydrogen-bond donors (Lipinski definition) is 3. The van der Waals surface area contributed by atoms with Gasteiger partial charge in [-0.2, -0.15) is 0 Å². The minimum atomic E-state index is -0.273. The lowest BCUT2D eigenvalue weighted by Gasteiger charge is -1.99. The van der Waals surface area contributed by atoms with E-state index < -0.39 is 0 Å². The molecule has 0 atom stereocenters. The zero-order valence-corrected chi connectivity index (χ0v) is 7.79. The Morgan fingerprint density at radius 1 is 1.50 bits per heavy atom. The van der Waals surface area contributed by atoms with E-state index in [2.05, 4.69) is 10.4 Å². The maximum Gasteiger partial charge on any atom is 0.267 e. The first-order valence-corrected chi connectivity index (χ1v) is 4.31. The van der Waals surface area contributed by atoms with Crippen LogP contribution in [0.15, 0.2) is 24.4 Å². The van der Waals surface area contributed by atoms with Crippen molar-refractivity contribution >= 4 is 16.8 Å². The number of benzene rings is 1. The van der Waals surface area contributed by atoms with Gasteiger partial charge in [-0.15, -0.1) is 0 Å². The van der Waals surface area contributed by atoms with Gasteiger partial charge in [-0.1, -0.05) is 12.1 Å². The predicted octanol–water partition coefficient (Wildman–Crippen LogP) is 1.08. The maximum absolute atomic E-state index is 11.4. The number of aromatic nitrogens is 1. The number of hydrogen-bond acceptors (Lipinski definition) is 2. The fourth-order valence-electron chi connectivity index (χ4n) is 1.62. The summed E-state index contributed by atoms with van der Waals surface area (Å²) >= 11 is 0. The zero-order valence-electron chi connectivity index (χ0n) is 7.79. The van der Waals surface area contributed by atoms with Crippen molar-refractivity contribution < 1.29 is 4.79 Å². The number of nitrogens with two attached hydrogens (primary N) is 1. The Morgan fingerprint density at radius 3 is 3.00 bits per heavy atom. The van der Waals surface area contributed by atoms with Crippen molar-refractivity contribution in [3.8, 4) is 0 Å². The fraction of sp³-hybridized carbons (Fsp3) is 0.100. The number of nitrogen functional groups attached to an aromatic ring is 1. The molecule has 72 valence electrons. The molecular formula is C10H11N3O. The molecule has 1 aromatic heterocycles. The van der Waals surface area contributed by atoms with Gasteiger partial charge in [-0.3, -0.25) is 10.2 Å². The summed E-state index contributed by atoms with van der Waals surface area (Å²) < 4.78 is 0. The maximum atomic E-state index is 11.4. The van der Waals surface area contributed by atoms with Crippen LogP contribution in [0.5, 0.6) is 0 Å². The van der Waals surface area contributed by atoms with Gasteiger partial charge in [0.1, 0.15) is 0 Å². The van der Waals surface area contributed by atoms with Gasteiger partial charge in [0.2, 0.25) is 0 Å². The van der Waals surface area contributed by atoms with Gasteiger partial charge in [-0.25, -0.2) is 5.84 Å². The summed E-state index contributed by atoms with van der Waals surface area (Å²) in [5.74, 6) is 4.82. The Labute approximate surface area is 81.1 Å². The van der Waals surface area contributed by atoms with Crippen molar-refractivity contribution in [2.24, 2.45) is 5.84 Å². The summed E-state index contributed by atoms with van der Waals surface area (Å²) in [6.45, 7) is 1.96. The van der Waals surface area contributed by atoms with Crippen LogP contribution in [0.2, 0.25) is 0 Å². The second-order valence-corrected chi connectivity index (χ2v) is 3.17. The molecule has 0 aliphatic rings. The van der Waals surface area contributed by atoms with Crippen LogP contribution >= 0.6 is 0 Å².